The Kier molecular flexibility index (Phi) is 4.38. The number of fused-ring (bicyclic) bond motifs is 3. The van der Waals surface area contributed by atoms with Gasteiger partial charge in [0.25, 0.3) is 0 Å². The number of aromatic nitrogens is 2. The minimum absolute atomic E-state index is 0.0890. The molecule has 0 radical (unpaired) electrons. The van der Waals surface area contributed by atoms with Crippen molar-refractivity contribution in [3.8, 4) is 11.3 Å². The molecule has 4 rings (SSSR count). The molecule has 5 nitrogen and oxygen atoms in total. The van der Waals surface area contributed by atoms with Gasteiger partial charge in [-0.3, -0.25) is 0 Å². The lowest BCUT2D eigenvalue weighted by atomic mass is 10.0. The van der Waals surface area contributed by atoms with Crippen LogP contribution in [0.2, 0.25) is 0 Å². The first-order valence-corrected chi connectivity index (χ1v) is 10.2. The molecule has 0 aliphatic carbocycles. The maximum atomic E-state index is 13.3. The summed E-state index contributed by atoms with van der Waals surface area (Å²) in [4.78, 5) is 4.44. The van der Waals surface area contributed by atoms with Crippen LogP contribution in [-0.2, 0) is 29.3 Å². The van der Waals surface area contributed by atoms with E-state index in [0.717, 1.165) is 36.3 Å². The Morgan fingerprint density at radius 1 is 1.15 bits per heavy atom. The van der Waals surface area contributed by atoms with Crippen LogP contribution in [0.5, 0.6) is 0 Å². The molecule has 1 N–H and O–H groups in total. The summed E-state index contributed by atoms with van der Waals surface area (Å²) < 4.78 is 28.8. The molecular weight excluding hydrogens is 346 g/mol. The van der Waals surface area contributed by atoms with Crippen LogP contribution in [0, 0.1) is 0 Å². The van der Waals surface area contributed by atoms with E-state index in [-0.39, 0.29) is 5.03 Å². The van der Waals surface area contributed by atoms with Gasteiger partial charge in [-0.1, -0.05) is 30.3 Å². The predicted molar refractivity (Wildman–Crippen MR) is 101 cm³/mol. The van der Waals surface area contributed by atoms with Crippen LogP contribution in [0.25, 0.3) is 11.3 Å². The van der Waals surface area contributed by atoms with Crippen molar-refractivity contribution in [1.29, 1.82) is 0 Å². The number of hydrogen-bond acceptors (Lipinski definition) is 4. The summed E-state index contributed by atoms with van der Waals surface area (Å²) in [6, 6.07) is 14.9. The molecule has 3 aromatic rings. The molecule has 0 saturated carbocycles. The van der Waals surface area contributed by atoms with Crippen molar-refractivity contribution in [2.24, 2.45) is 0 Å². The first-order chi connectivity index (χ1) is 12.6. The van der Waals surface area contributed by atoms with Gasteiger partial charge in [0.2, 0.25) is 9.84 Å². The van der Waals surface area contributed by atoms with Crippen molar-refractivity contribution in [3.05, 3.63) is 66.0 Å². The fraction of sp³-hybridized carbons (Fsp3) is 0.250. The summed E-state index contributed by atoms with van der Waals surface area (Å²) >= 11 is 0. The Labute approximate surface area is 153 Å². The van der Waals surface area contributed by atoms with Crippen LogP contribution in [0.4, 0.5) is 0 Å². The van der Waals surface area contributed by atoms with Gasteiger partial charge in [-0.25, -0.2) is 13.4 Å². The maximum Gasteiger partial charge on any atom is 0.225 e. The molecule has 0 atom stereocenters. The third kappa shape index (κ3) is 2.75. The molecule has 0 saturated heterocycles. The summed E-state index contributed by atoms with van der Waals surface area (Å²) in [6.45, 7) is 1.42. The van der Waals surface area contributed by atoms with Crippen LogP contribution in [0.1, 0.15) is 17.7 Å². The average Bonchev–Trinajstić information content (AvgIpc) is 2.91. The second-order valence-corrected chi connectivity index (χ2v) is 8.33. The van der Waals surface area contributed by atoms with E-state index >= 15 is 0 Å². The third-order valence-corrected chi connectivity index (χ3v) is 6.49. The Balaban J connectivity index is 2.01. The number of hydrogen-bond donors (Lipinski definition) is 1. The second-order valence-electron chi connectivity index (χ2n) is 6.46. The first kappa shape index (κ1) is 17.0. The van der Waals surface area contributed by atoms with Gasteiger partial charge < -0.3 is 9.88 Å². The lowest BCUT2D eigenvalue weighted by Gasteiger charge is -2.12. The topological polar surface area (TPSA) is 64.0 Å². The number of aryl methyl sites for hydroxylation is 1. The van der Waals surface area contributed by atoms with Crippen molar-refractivity contribution >= 4 is 9.84 Å². The highest BCUT2D eigenvalue weighted by Gasteiger charge is 2.30. The van der Waals surface area contributed by atoms with E-state index in [1.165, 1.54) is 11.8 Å². The van der Waals surface area contributed by atoms with E-state index in [0.29, 0.717) is 11.4 Å². The van der Waals surface area contributed by atoms with Crippen LogP contribution < -0.4 is 5.32 Å². The third-order valence-electron chi connectivity index (χ3n) is 4.81. The zero-order chi connectivity index (χ0) is 18.1. The molecule has 1 aliphatic rings. The molecule has 3 heterocycles. The summed E-state index contributed by atoms with van der Waals surface area (Å²) in [6.07, 6.45) is 3.45. The molecule has 0 spiro atoms. The molecule has 1 aliphatic heterocycles. The number of sulfone groups is 1. The molecular formula is C20H21N3O2S. The maximum absolute atomic E-state index is 13.3. The van der Waals surface area contributed by atoms with Gasteiger partial charge in [0.15, 0.2) is 5.03 Å². The van der Waals surface area contributed by atoms with E-state index in [1.807, 2.05) is 25.2 Å². The monoisotopic (exact) mass is 367 g/mol. The molecule has 0 bridgehead atoms. The average molecular weight is 367 g/mol. The SMILES string of the molecule is CNCc1cc(S(=O)(=O)c2ccccn2)c2n1CCCc1ccccc1-2. The molecule has 134 valence electrons. The molecule has 0 fully saturated rings. The van der Waals surface area contributed by atoms with Crippen molar-refractivity contribution in [2.75, 3.05) is 7.05 Å². The van der Waals surface area contributed by atoms with Crippen molar-refractivity contribution in [2.45, 2.75) is 35.9 Å². The number of benzene rings is 1. The summed E-state index contributed by atoms with van der Waals surface area (Å²) in [5, 5.41) is 3.24. The van der Waals surface area contributed by atoms with Gasteiger partial charge in [0, 0.05) is 30.5 Å². The zero-order valence-corrected chi connectivity index (χ0v) is 15.5. The smallest absolute Gasteiger partial charge is 0.225 e. The summed E-state index contributed by atoms with van der Waals surface area (Å²) in [7, 11) is -1.82. The lowest BCUT2D eigenvalue weighted by molar-refractivity contribution is 0.591. The number of nitrogens with zero attached hydrogens (tertiary/aromatic N) is 2. The quantitative estimate of drug-likeness (QED) is 0.770. The Bertz CT molecular complexity index is 1040. The van der Waals surface area contributed by atoms with Gasteiger partial charge >= 0.3 is 0 Å². The van der Waals surface area contributed by atoms with Gasteiger partial charge in [0.1, 0.15) is 0 Å². The van der Waals surface area contributed by atoms with Gasteiger partial charge in [-0.2, -0.15) is 0 Å². The molecule has 0 unspecified atom stereocenters. The Morgan fingerprint density at radius 3 is 2.73 bits per heavy atom. The predicted octanol–water partition coefficient (Wildman–Crippen LogP) is 3.05. The second kappa shape index (κ2) is 6.70. The Morgan fingerprint density at radius 2 is 1.96 bits per heavy atom. The van der Waals surface area contributed by atoms with E-state index < -0.39 is 9.84 Å². The Hall–Kier alpha value is -2.44. The molecule has 1 aromatic carbocycles. The summed E-state index contributed by atoms with van der Waals surface area (Å²) in [5.41, 5.74) is 3.96. The fourth-order valence-corrected chi connectivity index (χ4v) is 5.10. The van der Waals surface area contributed by atoms with Crippen molar-refractivity contribution in [1.82, 2.24) is 14.9 Å². The highest BCUT2D eigenvalue weighted by molar-refractivity contribution is 7.91. The van der Waals surface area contributed by atoms with Crippen LogP contribution in [0.3, 0.4) is 0 Å². The molecule has 6 heteroatoms. The number of pyridine rings is 1. The highest BCUT2D eigenvalue weighted by atomic mass is 32.2. The van der Waals surface area contributed by atoms with E-state index in [9.17, 15) is 8.42 Å². The first-order valence-electron chi connectivity index (χ1n) is 8.74. The van der Waals surface area contributed by atoms with Crippen LogP contribution in [-0.4, -0.2) is 25.0 Å². The molecule has 0 amide bonds. The number of rotatable bonds is 4. The van der Waals surface area contributed by atoms with E-state index in [1.54, 1.807) is 24.3 Å². The highest BCUT2D eigenvalue weighted by Crippen LogP contribution is 2.38. The number of nitrogens with one attached hydrogen (secondary N) is 1. The van der Waals surface area contributed by atoms with E-state index in [2.05, 4.69) is 20.9 Å². The minimum atomic E-state index is -3.70. The van der Waals surface area contributed by atoms with Gasteiger partial charge in [-0.05, 0) is 43.7 Å². The molecule has 26 heavy (non-hydrogen) atoms. The fourth-order valence-electron chi connectivity index (χ4n) is 3.66. The minimum Gasteiger partial charge on any atom is -0.342 e. The standard InChI is InChI=1S/C20H21N3O2S/c1-21-14-16-13-18(26(24,25)19-10-4-5-11-22-19)20-17-9-3-2-7-15(17)8-6-12-23(16)20/h2-5,7,9-11,13,21H,6,8,12,14H2,1H3. The van der Waals surface area contributed by atoms with E-state index in [4.69, 9.17) is 0 Å². The van der Waals surface area contributed by atoms with Crippen molar-refractivity contribution < 1.29 is 8.42 Å². The zero-order valence-electron chi connectivity index (χ0n) is 14.6. The van der Waals surface area contributed by atoms with Crippen LogP contribution >= 0.6 is 0 Å². The van der Waals surface area contributed by atoms with Crippen molar-refractivity contribution in [3.63, 3.8) is 0 Å². The normalized spacial score (nSPS) is 13.7. The van der Waals surface area contributed by atoms with Crippen LogP contribution in [0.15, 0.2) is 64.6 Å². The summed E-state index contributed by atoms with van der Waals surface area (Å²) in [5.74, 6) is 0. The molecule has 2 aromatic heterocycles. The van der Waals surface area contributed by atoms with Gasteiger partial charge in [-0.15, -0.1) is 0 Å². The lowest BCUT2D eigenvalue weighted by Crippen LogP contribution is -2.11. The van der Waals surface area contributed by atoms with Gasteiger partial charge in [0.05, 0.1) is 10.6 Å². The largest absolute Gasteiger partial charge is 0.342 e.